The summed E-state index contributed by atoms with van der Waals surface area (Å²) in [6, 6.07) is 21.2. The first kappa shape index (κ1) is 19.0. The van der Waals surface area contributed by atoms with Gasteiger partial charge in [0, 0.05) is 46.2 Å². The van der Waals surface area contributed by atoms with E-state index in [4.69, 9.17) is 0 Å². The molecule has 0 spiro atoms. The quantitative estimate of drug-likeness (QED) is 0.456. The fraction of sp³-hybridized carbons (Fsp3) is 0.0870. The molecule has 0 bridgehead atoms. The first-order valence-corrected chi connectivity index (χ1v) is 10.2. The molecule has 0 atom stereocenters. The van der Waals surface area contributed by atoms with Crippen LogP contribution in [0.3, 0.4) is 0 Å². The molecule has 5 nitrogen and oxygen atoms in total. The van der Waals surface area contributed by atoms with E-state index in [2.05, 4.69) is 21.5 Å². The number of amides is 1. The number of aryl methyl sites for hydroxylation is 1. The number of rotatable bonds is 6. The molecule has 2 heterocycles. The summed E-state index contributed by atoms with van der Waals surface area (Å²) in [7, 11) is 0. The summed E-state index contributed by atoms with van der Waals surface area (Å²) in [4.78, 5) is 17.9. The summed E-state index contributed by atoms with van der Waals surface area (Å²) in [5.74, 6) is 0.710. The van der Waals surface area contributed by atoms with Gasteiger partial charge in [-0.15, -0.1) is 11.8 Å². The van der Waals surface area contributed by atoms with Crippen LogP contribution in [0.15, 0.2) is 90.2 Å². The molecule has 0 unspecified atom stereocenters. The van der Waals surface area contributed by atoms with Crippen LogP contribution < -0.4 is 5.32 Å². The minimum atomic E-state index is -0.136. The van der Waals surface area contributed by atoms with E-state index in [1.54, 1.807) is 24.2 Å². The van der Waals surface area contributed by atoms with Crippen LogP contribution in [0.5, 0.6) is 0 Å². The standard InChI is InChI=1S/C23H20N4OS/c1-17-11-13-25-27(17)21-6-2-5-20(14-21)26-23(28)19-7-9-22(10-8-19)29-16-18-4-3-12-24-15-18/h2-15H,16H2,1H3,(H,26,28). The third-order valence-corrected chi connectivity index (χ3v) is 5.51. The van der Waals surface area contributed by atoms with Gasteiger partial charge < -0.3 is 5.32 Å². The number of benzene rings is 2. The molecule has 0 saturated heterocycles. The van der Waals surface area contributed by atoms with E-state index in [1.165, 1.54) is 5.56 Å². The van der Waals surface area contributed by atoms with Crippen molar-refractivity contribution < 1.29 is 4.79 Å². The van der Waals surface area contributed by atoms with Gasteiger partial charge >= 0.3 is 0 Å². The Morgan fingerprint density at radius 3 is 2.62 bits per heavy atom. The Hall–Kier alpha value is -3.38. The first-order valence-electron chi connectivity index (χ1n) is 9.23. The molecule has 144 valence electrons. The fourth-order valence-corrected chi connectivity index (χ4v) is 3.74. The highest BCUT2D eigenvalue weighted by Crippen LogP contribution is 2.23. The predicted octanol–water partition coefficient (Wildman–Crippen LogP) is 5.12. The van der Waals surface area contributed by atoms with Crippen LogP contribution in [0.2, 0.25) is 0 Å². The van der Waals surface area contributed by atoms with Crippen molar-refractivity contribution in [3.05, 3.63) is 102 Å². The second-order valence-electron chi connectivity index (χ2n) is 6.56. The Morgan fingerprint density at radius 1 is 1.03 bits per heavy atom. The van der Waals surface area contributed by atoms with Crippen molar-refractivity contribution in [1.29, 1.82) is 0 Å². The van der Waals surface area contributed by atoms with Crippen molar-refractivity contribution >= 4 is 23.4 Å². The minimum Gasteiger partial charge on any atom is -0.322 e. The number of carbonyl (C=O) groups excluding carboxylic acids is 1. The van der Waals surface area contributed by atoms with E-state index >= 15 is 0 Å². The maximum absolute atomic E-state index is 12.6. The van der Waals surface area contributed by atoms with Crippen molar-refractivity contribution in [2.75, 3.05) is 5.32 Å². The molecular formula is C23H20N4OS. The molecule has 0 aliphatic rings. The summed E-state index contributed by atoms with van der Waals surface area (Å²) >= 11 is 1.72. The third kappa shape index (κ3) is 4.73. The molecule has 2 aromatic carbocycles. The second kappa shape index (κ2) is 8.75. The van der Waals surface area contributed by atoms with E-state index in [1.807, 2.05) is 78.5 Å². The lowest BCUT2D eigenvalue weighted by Crippen LogP contribution is -2.12. The number of thioether (sulfide) groups is 1. The maximum Gasteiger partial charge on any atom is 0.255 e. The summed E-state index contributed by atoms with van der Waals surface area (Å²) in [5, 5.41) is 7.27. The van der Waals surface area contributed by atoms with Gasteiger partial charge in [-0.3, -0.25) is 9.78 Å². The Morgan fingerprint density at radius 2 is 1.90 bits per heavy atom. The Balaban J connectivity index is 1.40. The lowest BCUT2D eigenvalue weighted by Gasteiger charge is -2.09. The zero-order valence-electron chi connectivity index (χ0n) is 15.9. The number of aromatic nitrogens is 3. The highest BCUT2D eigenvalue weighted by molar-refractivity contribution is 7.98. The number of hydrogen-bond acceptors (Lipinski definition) is 4. The number of hydrogen-bond donors (Lipinski definition) is 1. The molecule has 29 heavy (non-hydrogen) atoms. The van der Waals surface area contributed by atoms with Gasteiger partial charge in [-0.25, -0.2) is 4.68 Å². The third-order valence-electron chi connectivity index (χ3n) is 4.43. The van der Waals surface area contributed by atoms with Crippen molar-refractivity contribution in [3.63, 3.8) is 0 Å². The van der Waals surface area contributed by atoms with E-state index in [0.29, 0.717) is 5.56 Å². The Kier molecular flexibility index (Phi) is 5.72. The van der Waals surface area contributed by atoms with E-state index in [9.17, 15) is 4.79 Å². The predicted molar refractivity (Wildman–Crippen MR) is 116 cm³/mol. The first-order chi connectivity index (χ1) is 14.2. The van der Waals surface area contributed by atoms with Crippen LogP contribution >= 0.6 is 11.8 Å². The highest BCUT2D eigenvalue weighted by atomic mass is 32.2. The van der Waals surface area contributed by atoms with Gasteiger partial charge in [0.15, 0.2) is 0 Å². The minimum absolute atomic E-state index is 0.136. The zero-order chi connectivity index (χ0) is 20.1. The van der Waals surface area contributed by atoms with Crippen LogP contribution in [0.25, 0.3) is 5.69 Å². The molecule has 0 aliphatic heterocycles. The summed E-state index contributed by atoms with van der Waals surface area (Å²) in [6.45, 7) is 1.99. The molecule has 6 heteroatoms. The van der Waals surface area contributed by atoms with Crippen LogP contribution in [-0.4, -0.2) is 20.7 Å². The number of nitrogens with zero attached hydrogens (tertiary/aromatic N) is 3. The molecule has 4 aromatic rings. The number of nitrogens with one attached hydrogen (secondary N) is 1. The Bertz CT molecular complexity index is 1110. The summed E-state index contributed by atoms with van der Waals surface area (Å²) in [5.41, 5.74) is 4.47. The van der Waals surface area contributed by atoms with Crippen LogP contribution in [-0.2, 0) is 5.75 Å². The molecule has 0 aliphatic carbocycles. The smallest absolute Gasteiger partial charge is 0.255 e. The average Bonchev–Trinajstić information content (AvgIpc) is 3.19. The van der Waals surface area contributed by atoms with Crippen molar-refractivity contribution in [1.82, 2.24) is 14.8 Å². The van der Waals surface area contributed by atoms with Crippen molar-refractivity contribution in [2.45, 2.75) is 17.6 Å². The molecule has 0 radical (unpaired) electrons. The zero-order valence-corrected chi connectivity index (χ0v) is 16.8. The molecule has 1 amide bonds. The second-order valence-corrected chi connectivity index (χ2v) is 7.61. The molecular weight excluding hydrogens is 380 g/mol. The lowest BCUT2D eigenvalue weighted by atomic mass is 10.2. The summed E-state index contributed by atoms with van der Waals surface area (Å²) in [6.07, 6.45) is 5.40. The Labute approximate surface area is 173 Å². The number of pyridine rings is 1. The van der Waals surface area contributed by atoms with Gasteiger partial charge in [-0.2, -0.15) is 5.10 Å². The van der Waals surface area contributed by atoms with Crippen molar-refractivity contribution in [2.24, 2.45) is 0 Å². The summed E-state index contributed by atoms with van der Waals surface area (Å²) < 4.78 is 1.84. The molecule has 0 saturated carbocycles. The van der Waals surface area contributed by atoms with Crippen molar-refractivity contribution in [3.8, 4) is 5.69 Å². The van der Waals surface area contributed by atoms with Crippen LogP contribution in [0.4, 0.5) is 5.69 Å². The van der Waals surface area contributed by atoms with E-state index in [-0.39, 0.29) is 5.91 Å². The largest absolute Gasteiger partial charge is 0.322 e. The molecule has 1 N–H and O–H groups in total. The lowest BCUT2D eigenvalue weighted by molar-refractivity contribution is 0.102. The van der Waals surface area contributed by atoms with E-state index < -0.39 is 0 Å². The molecule has 2 aromatic heterocycles. The average molecular weight is 401 g/mol. The van der Waals surface area contributed by atoms with Gasteiger partial charge in [-0.05, 0) is 67.1 Å². The topological polar surface area (TPSA) is 59.8 Å². The number of carbonyl (C=O) groups is 1. The van der Waals surface area contributed by atoms with Gasteiger partial charge in [0.2, 0.25) is 0 Å². The monoisotopic (exact) mass is 400 g/mol. The molecule has 0 fully saturated rings. The van der Waals surface area contributed by atoms with Crippen LogP contribution in [0.1, 0.15) is 21.6 Å². The van der Waals surface area contributed by atoms with Gasteiger partial charge in [0.05, 0.1) is 5.69 Å². The SMILES string of the molecule is Cc1ccnn1-c1cccc(NC(=O)c2ccc(SCc3cccnc3)cc2)c1. The maximum atomic E-state index is 12.6. The van der Waals surface area contributed by atoms with Gasteiger partial charge in [0.25, 0.3) is 5.91 Å². The van der Waals surface area contributed by atoms with Gasteiger partial charge in [-0.1, -0.05) is 12.1 Å². The normalized spacial score (nSPS) is 10.7. The number of anilines is 1. The molecule has 4 rings (SSSR count). The fourth-order valence-electron chi connectivity index (χ4n) is 2.91. The van der Waals surface area contributed by atoms with Crippen LogP contribution in [0, 0.1) is 6.92 Å². The van der Waals surface area contributed by atoms with E-state index in [0.717, 1.165) is 27.7 Å². The van der Waals surface area contributed by atoms with Gasteiger partial charge in [0.1, 0.15) is 0 Å². The highest BCUT2D eigenvalue weighted by Gasteiger charge is 2.08.